The summed E-state index contributed by atoms with van der Waals surface area (Å²) in [5.74, 6) is -0.949. The normalized spacial score (nSPS) is 13.7. The number of ether oxygens (including phenoxy) is 1. The summed E-state index contributed by atoms with van der Waals surface area (Å²) in [6, 6.07) is 18.6. The molecule has 0 radical (unpaired) electrons. The van der Waals surface area contributed by atoms with Crippen LogP contribution in [0.2, 0.25) is 0 Å². The van der Waals surface area contributed by atoms with Crippen LogP contribution in [0, 0.1) is 0 Å². The van der Waals surface area contributed by atoms with E-state index in [1.165, 1.54) is 5.01 Å². The number of nitrogens with zero attached hydrogens (tertiary/aromatic N) is 2. The minimum absolute atomic E-state index is 0.0777. The molecule has 26 heavy (non-hydrogen) atoms. The fraction of sp³-hybridized carbons (Fsp3) is 0.150. The van der Waals surface area contributed by atoms with Gasteiger partial charge in [0.25, 0.3) is 5.91 Å². The van der Waals surface area contributed by atoms with Gasteiger partial charge in [0, 0.05) is 11.8 Å². The molecule has 0 bridgehead atoms. The summed E-state index contributed by atoms with van der Waals surface area (Å²) in [4.78, 5) is 24.3. The Labute approximate surface area is 149 Å². The van der Waals surface area contributed by atoms with Crippen molar-refractivity contribution in [2.75, 3.05) is 13.2 Å². The molecule has 0 aliphatic carbocycles. The highest BCUT2D eigenvalue weighted by molar-refractivity contribution is 6.02. The van der Waals surface area contributed by atoms with Crippen LogP contribution in [0.5, 0.6) is 0 Å². The van der Waals surface area contributed by atoms with E-state index in [0.717, 1.165) is 16.7 Å². The minimum Gasteiger partial charge on any atom is -0.450 e. The maximum Gasteiger partial charge on any atom is 0.374 e. The van der Waals surface area contributed by atoms with Crippen LogP contribution in [-0.4, -0.2) is 35.7 Å². The van der Waals surface area contributed by atoms with E-state index in [2.05, 4.69) is 5.10 Å². The fourth-order valence-electron chi connectivity index (χ4n) is 2.83. The second-order valence-electron chi connectivity index (χ2n) is 5.90. The Hall–Kier alpha value is -3.41. The number of carbonyl (C=O) groups is 2. The molecule has 0 unspecified atom stereocenters. The largest absolute Gasteiger partial charge is 0.450 e. The van der Waals surface area contributed by atoms with Crippen LogP contribution >= 0.6 is 0 Å². The van der Waals surface area contributed by atoms with E-state index < -0.39 is 5.97 Å². The van der Waals surface area contributed by atoms with E-state index in [4.69, 9.17) is 9.15 Å². The lowest BCUT2D eigenvalue weighted by atomic mass is 10.1. The lowest BCUT2D eigenvalue weighted by Gasteiger charge is -2.10. The molecule has 2 aromatic carbocycles. The van der Waals surface area contributed by atoms with Crippen LogP contribution in [0.15, 0.2) is 70.2 Å². The first-order chi connectivity index (χ1) is 12.7. The second-order valence-corrected chi connectivity index (χ2v) is 5.90. The molecule has 130 valence electrons. The highest BCUT2D eigenvalue weighted by atomic mass is 16.5. The lowest BCUT2D eigenvalue weighted by Crippen LogP contribution is -2.28. The highest BCUT2D eigenvalue weighted by Gasteiger charge is 2.23. The number of para-hydroxylation sites is 1. The van der Waals surface area contributed by atoms with Gasteiger partial charge < -0.3 is 9.15 Å². The van der Waals surface area contributed by atoms with E-state index >= 15 is 0 Å². The number of benzene rings is 2. The first kappa shape index (κ1) is 16.1. The average Bonchev–Trinajstić information content (AvgIpc) is 3.33. The zero-order chi connectivity index (χ0) is 17.9. The van der Waals surface area contributed by atoms with Crippen molar-refractivity contribution in [3.63, 3.8) is 0 Å². The Morgan fingerprint density at radius 2 is 1.85 bits per heavy atom. The van der Waals surface area contributed by atoms with E-state index in [1.807, 2.05) is 48.5 Å². The lowest BCUT2D eigenvalue weighted by molar-refractivity contribution is -0.134. The third-order valence-electron chi connectivity index (χ3n) is 4.15. The molecule has 0 N–H and O–H groups in total. The van der Waals surface area contributed by atoms with Crippen molar-refractivity contribution in [1.82, 2.24) is 5.01 Å². The molecule has 0 saturated carbocycles. The molecule has 0 spiro atoms. The van der Waals surface area contributed by atoms with Crippen LogP contribution in [0.3, 0.4) is 0 Å². The summed E-state index contributed by atoms with van der Waals surface area (Å²) < 4.78 is 10.5. The summed E-state index contributed by atoms with van der Waals surface area (Å²) in [7, 11) is 0. The summed E-state index contributed by atoms with van der Waals surface area (Å²) in [5, 5.41) is 6.48. The highest BCUT2D eigenvalue weighted by Crippen LogP contribution is 2.19. The number of fused-ring (bicyclic) bond motifs is 1. The maximum atomic E-state index is 12.2. The smallest absolute Gasteiger partial charge is 0.374 e. The van der Waals surface area contributed by atoms with E-state index in [0.29, 0.717) is 18.5 Å². The molecule has 0 saturated heterocycles. The number of furan rings is 1. The quantitative estimate of drug-likeness (QED) is 0.679. The van der Waals surface area contributed by atoms with Gasteiger partial charge in [0.1, 0.15) is 5.58 Å². The Bertz CT molecular complexity index is 958. The molecular formula is C20H16N2O4. The molecule has 1 amide bonds. The Morgan fingerprint density at radius 3 is 2.65 bits per heavy atom. The topological polar surface area (TPSA) is 72.1 Å². The Kier molecular flexibility index (Phi) is 4.23. The van der Waals surface area contributed by atoms with E-state index in [1.54, 1.807) is 12.1 Å². The molecule has 4 rings (SSSR count). The minimum atomic E-state index is -0.666. The number of amides is 1. The van der Waals surface area contributed by atoms with Gasteiger partial charge in [-0.3, -0.25) is 4.79 Å². The molecular weight excluding hydrogens is 332 g/mol. The molecule has 6 heteroatoms. The summed E-state index contributed by atoms with van der Waals surface area (Å²) in [5.41, 5.74) is 2.44. The number of esters is 1. The van der Waals surface area contributed by atoms with E-state index in [9.17, 15) is 9.59 Å². The first-order valence-electron chi connectivity index (χ1n) is 8.30. The zero-order valence-corrected chi connectivity index (χ0v) is 13.9. The van der Waals surface area contributed by atoms with Crippen molar-refractivity contribution in [2.45, 2.75) is 6.42 Å². The van der Waals surface area contributed by atoms with Crippen LogP contribution in [-0.2, 0) is 9.53 Å². The van der Waals surface area contributed by atoms with Crippen molar-refractivity contribution < 1.29 is 18.7 Å². The number of hydrogen-bond donors (Lipinski definition) is 0. The molecule has 1 aliphatic heterocycles. The monoisotopic (exact) mass is 348 g/mol. The van der Waals surface area contributed by atoms with Gasteiger partial charge >= 0.3 is 5.97 Å². The van der Waals surface area contributed by atoms with E-state index in [-0.39, 0.29) is 18.3 Å². The summed E-state index contributed by atoms with van der Waals surface area (Å²) in [6.07, 6.45) is 0.674. The van der Waals surface area contributed by atoms with Crippen molar-refractivity contribution in [3.8, 4) is 0 Å². The van der Waals surface area contributed by atoms with Gasteiger partial charge in [-0.15, -0.1) is 0 Å². The summed E-state index contributed by atoms with van der Waals surface area (Å²) in [6.45, 7) is 0.104. The fourth-order valence-corrected chi connectivity index (χ4v) is 2.83. The number of rotatable bonds is 4. The molecule has 6 nitrogen and oxygen atoms in total. The Morgan fingerprint density at radius 1 is 1.08 bits per heavy atom. The molecule has 1 aliphatic rings. The van der Waals surface area contributed by atoms with Crippen LogP contribution < -0.4 is 0 Å². The zero-order valence-electron chi connectivity index (χ0n) is 13.9. The predicted molar refractivity (Wildman–Crippen MR) is 95.8 cm³/mol. The average molecular weight is 348 g/mol. The number of hydrogen-bond acceptors (Lipinski definition) is 5. The third-order valence-corrected chi connectivity index (χ3v) is 4.15. The van der Waals surface area contributed by atoms with Crippen molar-refractivity contribution >= 4 is 28.6 Å². The third kappa shape index (κ3) is 3.21. The predicted octanol–water partition coefficient (Wildman–Crippen LogP) is 3.23. The maximum absolute atomic E-state index is 12.2. The van der Waals surface area contributed by atoms with Gasteiger partial charge in [0.05, 0.1) is 12.3 Å². The number of hydrazone groups is 1. The van der Waals surface area contributed by atoms with Gasteiger partial charge in [0.2, 0.25) is 5.76 Å². The summed E-state index contributed by atoms with van der Waals surface area (Å²) >= 11 is 0. The first-order valence-corrected chi connectivity index (χ1v) is 8.30. The van der Waals surface area contributed by atoms with Gasteiger partial charge in [-0.2, -0.15) is 5.10 Å². The molecule has 2 heterocycles. The van der Waals surface area contributed by atoms with Gasteiger partial charge in [0.15, 0.2) is 6.61 Å². The van der Waals surface area contributed by atoms with Gasteiger partial charge in [-0.05, 0) is 17.7 Å². The van der Waals surface area contributed by atoms with Crippen LogP contribution in [0.1, 0.15) is 22.5 Å². The van der Waals surface area contributed by atoms with Crippen LogP contribution in [0.25, 0.3) is 11.0 Å². The van der Waals surface area contributed by atoms with Gasteiger partial charge in [-0.1, -0.05) is 48.5 Å². The van der Waals surface area contributed by atoms with Crippen LogP contribution in [0.4, 0.5) is 0 Å². The SMILES string of the molecule is O=C(OCC(=O)N1CCC(c2ccccc2)=N1)c1cc2ccccc2o1. The molecule has 3 aromatic rings. The standard InChI is InChI=1S/C20H16N2O4/c23-19(22-11-10-16(21-22)14-6-2-1-3-7-14)13-25-20(24)18-12-15-8-4-5-9-17(15)26-18/h1-9,12H,10-11,13H2. The van der Waals surface area contributed by atoms with Crippen molar-refractivity contribution in [1.29, 1.82) is 0 Å². The van der Waals surface area contributed by atoms with Gasteiger partial charge in [-0.25, -0.2) is 9.80 Å². The molecule has 1 aromatic heterocycles. The second kappa shape index (κ2) is 6.84. The molecule has 0 fully saturated rings. The van der Waals surface area contributed by atoms with Crippen molar-refractivity contribution in [3.05, 3.63) is 72.0 Å². The van der Waals surface area contributed by atoms with Crippen molar-refractivity contribution in [2.24, 2.45) is 5.10 Å². The Balaban J connectivity index is 1.38. The molecule has 0 atom stereocenters. The number of carbonyl (C=O) groups excluding carboxylic acids is 2.